The molecule has 5 nitrogen and oxygen atoms in total. The summed E-state index contributed by atoms with van der Waals surface area (Å²) >= 11 is 0. The third kappa shape index (κ3) is 4.17. The third-order valence-corrected chi connectivity index (χ3v) is 3.64. The van der Waals surface area contributed by atoms with Crippen molar-refractivity contribution < 1.29 is 9.18 Å². The van der Waals surface area contributed by atoms with Crippen LogP contribution in [0.25, 0.3) is 0 Å². The van der Waals surface area contributed by atoms with E-state index in [0.29, 0.717) is 11.6 Å². The van der Waals surface area contributed by atoms with Crippen molar-refractivity contribution in [2.24, 2.45) is 0 Å². The van der Waals surface area contributed by atoms with Crippen LogP contribution in [0.15, 0.2) is 60.8 Å². The van der Waals surface area contributed by atoms with E-state index in [9.17, 15) is 9.18 Å². The Morgan fingerprint density at radius 3 is 2.60 bits per heavy atom. The molecule has 0 saturated heterocycles. The number of hydrogen-bond acceptors (Lipinski definition) is 4. The number of carbonyl (C=O) groups excluding carboxylic acids is 1. The number of amides is 1. The van der Waals surface area contributed by atoms with Gasteiger partial charge in [0.05, 0.1) is 0 Å². The largest absolute Gasteiger partial charge is 0.324 e. The molecule has 0 aliphatic carbocycles. The maximum atomic E-state index is 12.9. The van der Waals surface area contributed by atoms with Crippen LogP contribution >= 0.6 is 0 Å². The van der Waals surface area contributed by atoms with E-state index in [0.717, 1.165) is 17.7 Å². The topological polar surface area (TPSA) is 66.9 Å². The van der Waals surface area contributed by atoms with Crippen LogP contribution in [0.3, 0.4) is 0 Å². The summed E-state index contributed by atoms with van der Waals surface area (Å²) < 4.78 is 12.9. The predicted molar refractivity (Wildman–Crippen MR) is 95.5 cm³/mol. The maximum absolute atomic E-state index is 12.9. The molecule has 0 spiro atoms. The van der Waals surface area contributed by atoms with Crippen LogP contribution in [0.2, 0.25) is 0 Å². The molecule has 3 rings (SSSR count). The maximum Gasteiger partial charge on any atom is 0.274 e. The lowest BCUT2D eigenvalue weighted by Crippen LogP contribution is -2.14. The van der Waals surface area contributed by atoms with Gasteiger partial charge in [-0.3, -0.25) is 4.79 Å². The Bertz CT molecular complexity index is 881. The molecule has 2 N–H and O–H groups in total. The van der Waals surface area contributed by atoms with Crippen molar-refractivity contribution in [3.63, 3.8) is 0 Å². The second kappa shape index (κ2) is 7.53. The molecule has 0 unspecified atom stereocenters. The van der Waals surface area contributed by atoms with Gasteiger partial charge in [-0.1, -0.05) is 25.1 Å². The molecule has 25 heavy (non-hydrogen) atoms. The van der Waals surface area contributed by atoms with Gasteiger partial charge in [-0.2, -0.15) is 0 Å². The van der Waals surface area contributed by atoms with E-state index in [1.54, 1.807) is 0 Å². The van der Waals surface area contributed by atoms with Gasteiger partial charge in [-0.05, 0) is 48.4 Å². The van der Waals surface area contributed by atoms with Crippen molar-refractivity contribution >= 4 is 23.2 Å². The lowest BCUT2D eigenvalue weighted by Gasteiger charge is -2.10. The minimum atomic E-state index is -0.388. The summed E-state index contributed by atoms with van der Waals surface area (Å²) in [6, 6.07) is 14.9. The highest BCUT2D eigenvalue weighted by Crippen LogP contribution is 2.19. The fourth-order valence-corrected chi connectivity index (χ4v) is 2.34. The van der Waals surface area contributed by atoms with E-state index in [4.69, 9.17) is 0 Å². The standard InChI is InChI=1S/C19H17FN4O/c1-2-13-5-3-4-6-16(13)23-19-21-12-11-17(24-19)18(25)22-15-9-7-14(20)8-10-15/h3-12H,2H2,1H3,(H,22,25)(H,21,23,24). The number of carbonyl (C=O) groups is 1. The zero-order chi connectivity index (χ0) is 17.6. The van der Waals surface area contributed by atoms with Gasteiger partial charge in [-0.25, -0.2) is 14.4 Å². The van der Waals surface area contributed by atoms with Crippen molar-refractivity contribution in [2.75, 3.05) is 10.6 Å². The van der Waals surface area contributed by atoms with Crippen LogP contribution < -0.4 is 10.6 Å². The minimum absolute atomic E-state index is 0.218. The monoisotopic (exact) mass is 336 g/mol. The first-order valence-corrected chi connectivity index (χ1v) is 7.90. The van der Waals surface area contributed by atoms with Crippen molar-refractivity contribution in [3.8, 4) is 0 Å². The zero-order valence-electron chi connectivity index (χ0n) is 13.7. The molecule has 1 heterocycles. The first-order valence-electron chi connectivity index (χ1n) is 7.90. The number of nitrogens with zero attached hydrogens (tertiary/aromatic N) is 2. The molecule has 0 aliphatic heterocycles. The summed E-state index contributed by atoms with van der Waals surface area (Å²) in [6.07, 6.45) is 2.39. The second-order valence-corrected chi connectivity index (χ2v) is 5.36. The predicted octanol–water partition coefficient (Wildman–Crippen LogP) is 4.17. The van der Waals surface area contributed by atoms with Gasteiger partial charge in [-0.15, -0.1) is 0 Å². The average Bonchev–Trinajstić information content (AvgIpc) is 2.64. The molecular formula is C19H17FN4O. The number of anilines is 3. The van der Waals surface area contributed by atoms with E-state index in [1.807, 2.05) is 24.3 Å². The highest BCUT2D eigenvalue weighted by atomic mass is 19.1. The number of aryl methyl sites for hydroxylation is 1. The molecule has 6 heteroatoms. The van der Waals surface area contributed by atoms with Crippen LogP contribution in [0.4, 0.5) is 21.7 Å². The van der Waals surface area contributed by atoms with Crippen LogP contribution in [0, 0.1) is 5.82 Å². The molecule has 0 fully saturated rings. The SMILES string of the molecule is CCc1ccccc1Nc1nccc(C(=O)Nc2ccc(F)cc2)n1. The van der Waals surface area contributed by atoms with Gasteiger partial charge in [0.15, 0.2) is 0 Å². The molecule has 1 aromatic heterocycles. The van der Waals surface area contributed by atoms with Gasteiger partial charge in [0, 0.05) is 17.6 Å². The number of hydrogen-bond donors (Lipinski definition) is 2. The fraction of sp³-hybridized carbons (Fsp3) is 0.105. The highest BCUT2D eigenvalue weighted by Gasteiger charge is 2.10. The van der Waals surface area contributed by atoms with Crippen molar-refractivity contribution in [1.82, 2.24) is 9.97 Å². The number of aromatic nitrogens is 2. The van der Waals surface area contributed by atoms with Crippen molar-refractivity contribution in [3.05, 3.63) is 77.9 Å². The summed E-state index contributed by atoms with van der Waals surface area (Å²) in [4.78, 5) is 20.7. The van der Waals surface area contributed by atoms with Gasteiger partial charge in [0.2, 0.25) is 5.95 Å². The van der Waals surface area contributed by atoms with Crippen LogP contribution in [-0.2, 0) is 6.42 Å². The van der Waals surface area contributed by atoms with Gasteiger partial charge >= 0.3 is 0 Å². The lowest BCUT2D eigenvalue weighted by molar-refractivity contribution is 0.102. The molecule has 1 amide bonds. The van der Waals surface area contributed by atoms with E-state index in [-0.39, 0.29) is 17.4 Å². The summed E-state index contributed by atoms with van der Waals surface area (Å²) in [5.41, 5.74) is 2.75. The minimum Gasteiger partial charge on any atom is -0.324 e. The highest BCUT2D eigenvalue weighted by molar-refractivity contribution is 6.02. The number of halogens is 1. The number of nitrogens with one attached hydrogen (secondary N) is 2. The Morgan fingerprint density at radius 1 is 1.08 bits per heavy atom. The Labute approximate surface area is 145 Å². The van der Waals surface area contributed by atoms with Crippen LogP contribution in [0.1, 0.15) is 23.0 Å². The summed E-state index contributed by atoms with van der Waals surface area (Å²) in [7, 11) is 0. The Balaban J connectivity index is 1.76. The van der Waals surface area contributed by atoms with Gasteiger partial charge < -0.3 is 10.6 Å². The molecule has 3 aromatic rings. The van der Waals surface area contributed by atoms with Gasteiger partial charge in [0.1, 0.15) is 11.5 Å². The molecule has 0 radical (unpaired) electrons. The lowest BCUT2D eigenvalue weighted by atomic mass is 10.1. The zero-order valence-corrected chi connectivity index (χ0v) is 13.7. The summed E-state index contributed by atoms with van der Waals surface area (Å²) in [5, 5.41) is 5.81. The van der Waals surface area contributed by atoms with E-state index in [2.05, 4.69) is 27.5 Å². The molecule has 2 aromatic carbocycles. The molecule has 126 valence electrons. The van der Waals surface area contributed by atoms with E-state index >= 15 is 0 Å². The summed E-state index contributed by atoms with van der Waals surface area (Å²) in [6.45, 7) is 2.06. The molecular weight excluding hydrogens is 319 g/mol. The van der Waals surface area contributed by atoms with Crippen molar-refractivity contribution in [2.45, 2.75) is 13.3 Å². The number of benzene rings is 2. The summed E-state index contributed by atoms with van der Waals surface area (Å²) in [5.74, 6) is -0.408. The molecule has 0 saturated carbocycles. The smallest absolute Gasteiger partial charge is 0.274 e. The first-order chi connectivity index (χ1) is 12.2. The number of rotatable bonds is 5. The normalized spacial score (nSPS) is 10.3. The Hall–Kier alpha value is -3.28. The molecule has 0 bridgehead atoms. The molecule has 0 atom stereocenters. The van der Waals surface area contributed by atoms with Crippen molar-refractivity contribution in [1.29, 1.82) is 0 Å². The Morgan fingerprint density at radius 2 is 1.84 bits per heavy atom. The average molecular weight is 336 g/mol. The quantitative estimate of drug-likeness (QED) is 0.734. The van der Waals surface area contributed by atoms with Crippen LogP contribution in [0.5, 0.6) is 0 Å². The Kier molecular flexibility index (Phi) is 4.99. The van der Waals surface area contributed by atoms with Crippen LogP contribution in [-0.4, -0.2) is 15.9 Å². The van der Waals surface area contributed by atoms with Gasteiger partial charge in [0.25, 0.3) is 5.91 Å². The third-order valence-electron chi connectivity index (χ3n) is 3.64. The fourth-order valence-electron chi connectivity index (χ4n) is 2.34. The second-order valence-electron chi connectivity index (χ2n) is 5.36. The number of para-hydroxylation sites is 1. The van der Waals surface area contributed by atoms with E-state index < -0.39 is 0 Å². The van der Waals surface area contributed by atoms with E-state index in [1.165, 1.54) is 36.5 Å². The molecule has 0 aliphatic rings. The first kappa shape index (κ1) is 16.6.